The largest absolute Gasteiger partial charge is 0.480 e. The van der Waals surface area contributed by atoms with E-state index >= 15 is 0 Å². The number of hydrogen-bond donors (Lipinski definition) is 2. The number of halogens is 1. The van der Waals surface area contributed by atoms with Gasteiger partial charge in [-0.1, -0.05) is 23.7 Å². The third-order valence-corrected chi connectivity index (χ3v) is 3.15. The van der Waals surface area contributed by atoms with Crippen LogP contribution in [0.2, 0.25) is 5.02 Å². The van der Waals surface area contributed by atoms with E-state index in [1.165, 1.54) is 24.5 Å². The highest BCUT2D eigenvalue weighted by Gasteiger charge is 2.21. The van der Waals surface area contributed by atoms with Gasteiger partial charge in [-0.25, -0.2) is 4.79 Å². The van der Waals surface area contributed by atoms with Crippen molar-refractivity contribution in [3.05, 3.63) is 64.9 Å². The molecule has 0 saturated heterocycles. The number of rotatable bonds is 5. The third-order valence-electron chi connectivity index (χ3n) is 2.90. The van der Waals surface area contributed by atoms with E-state index in [2.05, 4.69) is 10.3 Å². The molecule has 1 heterocycles. The topological polar surface area (TPSA) is 79.3 Å². The fourth-order valence-corrected chi connectivity index (χ4v) is 1.93. The molecule has 0 saturated carbocycles. The van der Waals surface area contributed by atoms with Crippen LogP contribution in [0.25, 0.3) is 0 Å². The summed E-state index contributed by atoms with van der Waals surface area (Å²) in [7, 11) is 0. The lowest BCUT2D eigenvalue weighted by atomic mass is 10.1. The number of hydrogen-bond acceptors (Lipinski definition) is 3. The van der Waals surface area contributed by atoms with Crippen LogP contribution >= 0.6 is 11.6 Å². The SMILES string of the molecule is O=C(N[C@@H](Cc1ccc(Cl)cc1)C(=O)O)c1ccncc1. The predicted molar refractivity (Wildman–Crippen MR) is 78.3 cm³/mol. The number of nitrogens with zero attached hydrogens (tertiary/aromatic N) is 1. The van der Waals surface area contributed by atoms with E-state index in [-0.39, 0.29) is 6.42 Å². The van der Waals surface area contributed by atoms with Crippen molar-refractivity contribution in [3.63, 3.8) is 0 Å². The number of amides is 1. The Hall–Kier alpha value is -2.40. The van der Waals surface area contributed by atoms with E-state index in [1.54, 1.807) is 24.3 Å². The lowest BCUT2D eigenvalue weighted by Gasteiger charge is -2.14. The Labute approximate surface area is 126 Å². The van der Waals surface area contributed by atoms with Crippen molar-refractivity contribution in [2.24, 2.45) is 0 Å². The molecule has 0 aliphatic carbocycles. The van der Waals surface area contributed by atoms with Gasteiger partial charge in [0.2, 0.25) is 0 Å². The summed E-state index contributed by atoms with van der Waals surface area (Å²) in [5, 5.41) is 12.3. The van der Waals surface area contributed by atoms with Crippen LogP contribution in [0.1, 0.15) is 15.9 Å². The van der Waals surface area contributed by atoms with Gasteiger partial charge in [0.15, 0.2) is 0 Å². The van der Waals surface area contributed by atoms with Gasteiger partial charge in [0.25, 0.3) is 5.91 Å². The van der Waals surface area contributed by atoms with Gasteiger partial charge in [-0.3, -0.25) is 9.78 Å². The van der Waals surface area contributed by atoms with Crippen molar-refractivity contribution >= 4 is 23.5 Å². The average Bonchev–Trinajstić information content (AvgIpc) is 2.49. The number of aliphatic carboxylic acids is 1. The van der Waals surface area contributed by atoms with Gasteiger partial charge in [-0.15, -0.1) is 0 Å². The van der Waals surface area contributed by atoms with Crippen molar-refractivity contribution < 1.29 is 14.7 Å². The summed E-state index contributed by atoms with van der Waals surface area (Å²) in [6, 6.07) is 8.87. The number of nitrogens with one attached hydrogen (secondary N) is 1. The lowest BCUT2D eigenvalue weighted by Crippen LogP contribution is -2.42. The Morgan fingerprint density at radius 1 is 1.14 bits per heavy atom. The van der Waals surface area contributed by atoms with Gasteiger partial charge in [0.1, 0.15) is 6.04 Å². The molecule has 0 spiro atoms. The van der Waals surface area contributed by atoms with Crippen LogP contribution in [0.5, 0.6) is 0 Å². The fourth-order valence-electron chi connectivity index (χ4n) is 1.80. The van der Waals surface area contributed by atoms with Gasteiger partial charge in [0, 0.05) is 29.4 Å². The Morgan fingerprint density at radius 3 is 2.33 bits per heavy atom. The molecule has 0 bridgehead atoms. The van der Waals surface area contributed by atoms with Gasteiger partial charge >= 0.3 is 5.97 Å². The molecule has 108 valence electrons. The van der Waals surface area contributed by atoms with Crippen LogP contribution in [-0.4, -0.2) is 28.0 Å². The molecule has 0 aliphatic rings. The molecule has 21 heavy (non-hydrogen) atoms. The number of aromatic nitrogens is 1. The zero-order chi connectivity index (χ0) is 15.2. The van der Waals surface area contributed by atoms with Crippen LogP contribution in [0.15, 0.2) is 48.8 Å². The van der Waals surface area contributed by atoms with Crippen molar-refractivity contribution in [3.8, 4) is 0 Å². The summed E-state index contributed by atoms with van der Waals surface area (Å²) >= 11 is 5.78. The van der Waals surface area contributed by atoms with E-state index in [9.17, 15) is 14.7 Å². The molecule has 2 aromatic rings. The van der Waals surface area contributed by atoms with Gasteiger partial charge in [0.05, 0.1) is 0 Å². The molecule has 0 fully saturated rings. The highest BCUT2D eigenvalue weighted by molar-refractivity contribution is 6.30. The smallest absolute Gasteiger partial charge is 0.326 e. The first kappa shape index (κ1) is 15.0. The minimum absolute atomic E-state index is 0.184. The zero-order valence-electron chi connectivity index (χ0n) is 11.0. The van der Waals surface area contributed by atoms with E-state index in [4.69, 9.17) is 11.6 Å². The first-order chi connectivity index (χ1) is 10.1. The van der Waals surface area contributed by atoms with Gasteiger partial charge < -0.3 is 10.4 Å². The maximum Gasteiger partial charge on any atom is 0.326 e. The maximum absolute atomic E-state index is 12.0. The Kier molecular flexibility index (Phi) is 4.90. The zero-order valence-corrected chi connectivity index (χ0v) is 11.7. The van der Waals surface area contributed by atoms with Crippen LogP contribution < -0.4 is 5.32 Å². The molecular formula is C15H13ClN2O3. The first-order valence-corrected chi connectivity index (χ1v) is 6.62. The molecule has 5 nitrogen and oxygen atoms in total. The highest BCUT2D eigenvalue weighted by atomic mass is 35.5. The summed E-state index contributed by atoms with van der Waals surface area (Å²) in [5.41, 5.74) is 1.15. The van der Waals surface area contributed by atoms with E-state index < -0.39 is 17.9 Å². The molecule has 0 unspecified atom stereocenters. The fraction of sp³-hybridized carbons (Fsp3) is 0.133. The maximum atomic E-state index is 12.0. The highest BCUT2D eigenvalue weighted by Crippen LogP contribution is 2.11. The first-order valence-electron chi connectivity index (χ1n) is 6.24. The third kappa shape index (κ3) is 4.29. The molecule has 1 aromatic carbocycles. The number of carbonyl (C=O) groups is 2. The predicted octanol–water partition coefficient (Wildman–Crippen LogP) is 2.16. The summed E-state index contributed by atoms with van der Waals surface area (Å²) in [4.78, 5) is 27.1. The standard InChI is InChI=1S/C15H13ClN2O3/c16-12-3-1-10(2-4-12)9-13(15(20)21)18-14(19)11-5-7-17-8-6-11/h1-8,13H,9H2,(H,18,19)(H,20,21)/t13-/m0/s1. The Balaban J connectivity index is 2.07. The van der Waals surface area contributed by atoms with Crippen molar-refractivity contribution in [2.45, 2.75) is 12.5 Å². The molecule has 6 heteroatoms. The summed E-state index contributed by atoms with van der Waals surface area (Å²) in [6.45, 7) is 0. The van der Waals surface area contributed by atoms with E-state index in [0.29, 0.717) is 10.6 Å². The molecule has 1 amide bonds. The second-order valence-electron chi connectivity index (χ2n) is 4.43. The van der Waals surface area contributed by atoms with Gasteiger partial charge in [-0.05, 0) is 29.8 Å². The normalized spacial score (nSPS) is 11.7. The van der Waals surface area contributed by atoms with Crippen molar-refractivity contribution in [1.82, 2.24) is 10.3 Å². The lowest BCUT2D eigenvalue weighted by molar-refractivity contribution is -0.139. The molecule has 0 radical (unpaired) electrons. The number of benzene rings is 1. The summed E-state index contributed by atoms with van der Waals surface area (Å²) in [5.74, 6) is -1.54. The molecule has 2 N–H and O–H groups in total. The quantitative estimate of drug-likeness (QED) is 0.887. The van der Waals surface area contributed by atoms with Crippen molar-refractivity contribution in [2.75, 3.05) is 0 Å². The van der Waals surface area contributed by atoms with Crippen LogP contribution in [-0.2, 0) is 11.2 Å². The molecule has 1 atom stereocenters. The summed E-state index contributed by atoms with van der Waals surface area (Å²) < 4.78 is 0. The molecule has 0 aliphatic heterocycles. The average molecular weight is 305 g/mol. The molecule has 1 aromatic heterocycles. The monoisotopic (exact) mass is 304 g/mol. The number of pyridine rings is 1. The second kappa shape index (κ2) is 6.85. The number of carboxylic acids is 1. The number of carboxylic acid groups (broad SMARTS) is 1. The van der Waals surface area contributed by atoms with Crippen molar-refractivity contribution in [1.29, 1.82) is 0 Å². The summed E-state index contributed by atoms with van der Waals surface area (Å²) in [6.07, 6.45) is 3.14. The van der Waals surface area contributed by atoms with Crippen LogP contribution in [0.4, 0.5) is 0 Å². The minimum Gasteiger partial charge on any atom is -0.480 e. The minimum atomic E-state index is -1.09. The Bertz CT molecular complexity index is 629. The molecular weight excluding hydrogens is 292 g/mol. The van der Waals surface area contributed by atoms with E-state index in [1.807, 2.05) is 0 Å². The van der Waals surface area contributed by atoms with Crippen LogP contribution in [0, 0.1) is 0 Å². The van der Waals surface area contributed by atoms with E-state index in [0.717, 1.165) is 5.56 Å². The number of carbonyl (C=O) groups excluding carboxylic acids is 1. The second-order valence-corrected chi connectivity index (χ2v) is 4.87. The van der Waals surface area contributed by atoms with Crippen LogP contribution in [0.3, 0.4) is 0 Å². The Morgan fingerprint density at radius 2 is 1.76 bits per heavy atom. The molecule has 2 rings (SSSR count). The van der Waals surface area contributed by atoms with Gasteiger partial charge in [-0.2, -0.15) is 0 Å².